The van der Waals surface area contributed by atoms with E-state index < -0.39 is 5.97 Å². The average molecular weight is 390 g/mol. The first-order chi connectivity index (χ1) is 10.1. The van der Waals surface area contributed by atoms with Crippen molar-refractivity contribution >= 4 is 39.3 Å². The lowest BCUT2D eigenvalue weighted by Crippen LogP contribution is -1.98. The summed E-state index contributed by atoms with van der Waals surface area (Å²) < 4.78 is 7.02. The van der Waals surface area contributed by atoms with E-state index in [2.05, 4.69) is 22.6 Å². The number of hydrogen-bond acceptors (Lipinski definition) is 2. The second-order valence-electron chi connectivity index (χ2n) is 4.52. The highest BCUT2D eigenvalue weighted by Gasteiger charge is 2.12. The van der Waals surface area contributed by atoms with Gasteiger partial charge in [-0.25, -0.2) is 4.79 Å². The Labute approximate surface area is 135 Å². The van der Waals surface area contributed by atoms with Gasteiger partial charge < -0.3 is 9.84 Å². The molecule has 0 unspecified atom stereocenters. The Morgan fingerprint density at radius 2 is 1.57 bits per heavy atom. The third-order valence-corrected chi connectivity index (χ3v) is 3.88. The van der Waals surface area contributed by atoms with Gasteiger partial charge in [-0.1, -0.05) is 24.3 Å². The van der Waals surface area contributed by atoms with Crippen molar-refractivity contribution in [3.63, 3.8) is 0 Å². The van der Waals surface area contributed by atoms with Crippen molar-refractivity contribution < 1.29 is 14.6 Å². The summed E-state index contributed by atoms with van der Waals surface area (Å²) in [4.78, 5) is 11.3. The van der Waals surface area contributed by atoms with Gasteiger partial charge in [0.05, 0.1) is 5.56 Å². The summed E-state index contributed by atoms with van der Waals surface area (Å²) in [6.45, 7) is 0. The molecule has 0 atom stereocenters. The van der Waals surface area contributed by atoms with E-state index in [1.54, 1.807) is 18.2 Å². The molecule has 4 heteroatoms. The number of rotatable bonds is 3. The van der Waals surface area contributed by atoms with E-state index in [1.165, 1.54) is 0 Å². The fourth-order valence-electron chi connectivity index (χ4n) is 2.18. The zero-order valence-electron chi connectivity index (χ0n) is 10.9. The lowest BCUT2D eigenvalue weighted by Gasteiger charge is -2.10. The van der Waals surface area contributed by atoms with Gasteiger partial charge in [0.2, 0.25) is 0 Å². The van der Waals surface area contributed by atoms with Crippen LogP contribution in [0.1, 0.15) is 10.4 Å². The van der Waals surface area contributed by atoms with Crippen molar-refractivity contribution in [2.24, 2.45) is 0 Å². The predicted molar refractivity (Wildman–Crippen MR) is 90.1 cm³/mol. The second kappa shape index (κ2) is 5.73. The molecule has 0 heterocycles. The number of carboxylic acids is 1. The molecule has 21 heavy (non-hydrogen) atoms. The van der Waals surface area contributed by atoms with Crippen molar-refractivity contribution in [3.8, 4) is 11.5 Å². The maximum Gasteiger partial charge on any atom is 0.336 e. The summed E-state index contributed by atoms with van der Waals surface area (Å²) in [6.07, 6.45) is 0. The van der Waals surface area contributed by atoms with E-state index in [0.717, 1.165) is 14.7 Å². The van der Waals surface area contributed by atoms with Gasteiger partial charge in [0.1, 0.15) is 11.5 Å². The maximum atomic E-state index is 11.3. The van der Waals surface area contributed by atoms with Crippen LogP contribution in [0.5, 0.6) is 11.5 Å². The predicted octanol–water partition coefficient (Wildman–Crippen LogP) is 4.93. The number of carboxylic acid groups (broad SMARTS) is 1. The zero-order chi connectivity index (χ0) is 14.8. The van der Waals surface area contributed by atoms with Crippen LogP contribution in [0.2, 0.25) is 0 Å². The molecule has 0 aromatic heterocycles. The molecule has 3 aromatic rings. The Hall–Kier alpha value is -2.08. The summed E-state index contributed by atoms with van der Waals surface area (Å²) in [5, 5.41) is 10.7. The number of carbonyl (C=O) groups is 1. The first kappa shape index (κ1) is 13.9. The number of ether oxygens (including phenoxy) is 1. The molecule has 0 saturated carbocycles. The monoisotopic (exact) mass is 390 g/mol. The van der Waals surface area contributed by atoms with Crippen molar-refractivity contribution in [2.75, 3.05) is 0 Å². The molecular formula is C17H11IO3. The van der Waals surface area contributed by atoms with E-state index in [4.69, 9.17) is 4.74 Å². The highest BCUT2D eigenvalue weighted by molar-refractivity contribution is 14.1. The highest BCUT2D eigenvalue weighted by atomic mass is 127. The highest BCUT2D eigenvalue weighted by Crippen LogP contribution is 2.32. The normalized spacial score (nSPS) is 10.5. The minimum atomic E-state index is -0.938. The SMILES string of the molecule is O=C(O)c1ccc(Oc2ccc(I)cc2)c2ccccc12. The minimum absolute atomic E-state index is 0.278. The van der Waals surface area contributed by atoms with Gasteiger partial charge in [-0.15, -0.1) is 0 Å². The third-order valence-electron chi connectivity index (χ3n) is 3.16. The molecule has 0 aliphatic heterocycles. The Balaban J connectivity index is 2.09. The number of hydrogen-bond donors (Lipinski definition) is 1. The Morgan fingerprint density at radius 3 is 2.24 bits per heavy atom. The molecule has 0 bridgehead atoms. The molecular weight excluding hydrogens is 379 g/mol. The van der Waals surface area contributed by atoms with Gasteiger partial charge in [0.15, 0.2) is 0 Å². The maximum absolute atomic E-state index is 11.3. The van der Waals surface area contributed by atoms with Gasteiger partial charge in [-0.3, -0.25) is 0 Å². The van der Waals surface area contributed by atoms with Gasteiger partial charge in [-0.05, 0) is 64.4 Å². The first-order valence-electron chi connectivity index (χ1n) is 6.33. The lowest BCUT2D eigenvalue weighted by atomic mass is 10.0. The topological polar surface area (TPSA) is 46.5 Å². The van der Waals surface area contributed by atoms with Crippen LogP contribution in [-0.4, -0.2) is 11.1 Å². The molecule has 0 saturated heterocycles. The summed E-state index contributed by atoms with van der Waals surface area (Å²) in [7, 11) is 0. The van der Waals surface area contributed by atoms with Crippen molar-refractivity contribution in [2.45, 2.75) is 0 Å². The van der Waals surface area contributed by atoms with E-state index in [1.807, 2.05) is 42.5 Å². The molecule has 0 radical (unpaired) electrons. The zero-order valence-corrected chi connectivity index (χ0v) is 13.1. The number of fused-ring (bicyclic) bond motifs is 1. The number of halogens is 1. The Kier molecular flexibility index (Phi) is 3.79. The molecule has 104 valence electrons. The van der Waals surface area contributed by atoms with Crippen LogP contribution in [-0.2, 0) is 0 Å². The van der Waals surface area contributed by atoms with Gasteiger partial charge >= 0.3 is 5.97 Å². The molecule has 0 aliphatic carbocycles. The summed E-state index contributed by atoms with van der Waals surface area (Å²) in [5.74, 6) is 0.437. The van der Waals surface area contributed by atoms with Crippen LogP contribution in [0.15, 0.2) is 60.7 Å². The molecule has 0 amide bonds. The molecule has 3 aromatic carbocycles. The van der Waals surface area contributed by atoms with Crippen LogP contribution >= 0.6 is 22.6 Å². The molecule has 1 N–H and O–H groups in total. The van der Waals surface area contributed by atoms with E-state index >= 15 is 0 Å². The Morgan fingerprint density at radius 1 is 0.905 bits per heavy atom. The van der Waals surface area contributed by atoms with E-state index in [0.29, 0.717) is 11.1 Å². The van der Waals surface area contributed by atoms with Gasteiger partial charge in [0, 0.05) is 8.96 Å². The lowest BCUT2D eigenvalue weighted by molar-refractivity contribution is 0.0699. The molecule has 3 nitrogen and oxygen atoms in total. The Bertz CT molecular complexity index is 810. The second-order valence-corrected chi connectivity index (χ2v) is 5.76. The first-order valence-corrected chi connectivity index (χ1v) is 7.41. The van der Waals surface area contributed by atoms with E-state index in [-0.39, 0.29) is 5.56 Å². The number of aromatic carboxylic acids is 1. The van der Waals surface area contributed by atoms with Crippen molar-refractivity contribution in [1.29, 1.82) is 0 Å². The van der Waals surface area contributed by atoms with Crippen LogP contribution in [0.3, 0.4) is 0 Å². The average Bonchev–Trinajstić information content (AvgIpc) is 2.49. The molecule has 0 spiro atoms. The minimum Gasteiger partial charge on any atom is -0.478 e. The fourth-order valence-corrected chi connectivity index (χ4v) is 2.54. The summed E-state index contributed by atoms with van der Waals surface area (Å²) in [6, 6.07) is 18.3. The summed E-state index contributed by atoms with van der Waals surface area (Å²) >= 11 is 2.23. The molecule has 0 fully saturated rings. The number of benzene rings is 3. The van der Waals surface area contributed by atoms with Gasteiger partial charge in [-0.2, -0.15) is 0 Å². The van der Waals surface area contributed by atoms with Crippen LogP contribution < -0.4 is 4.74 Å². The smallest absolute Gasteiger partial charge is 0.336 e. The molecule has 0 aliphatic rings. The largest absolute Gasteiger partial charge is 0.478 e. The quantitative estimate of drug-likeness (QED) is 0.645. The standard InChI is InChI=1S/C17H11IO3/c18-11-5-7-12(8-6-11)21-16-10-9-15(17(19)20)13-3-1-2-4-14(13)16/h1-10H,(H,19,20). The fraction of sp³-hybridized carbons (Fsp3) is 0. The summed E-state index contributed by atoms with van der Waals surface area (Å²) in [5.41, 5.74) is 0.278. The van der Waals surface area contributed by atoms with Gasteiger partial charge in [0.25, 0.3) is 0 Å². The van der Waals surface area contributed by atoms with Crippen LogP contribution in [0.25, 0.3) is 10.8 Å². The van der Waals surface area contributed by atoms with E-state index in [9.17, 15) is 9.90 Å². The van der Waals surface area contributed by atoms with Crippen molar-refractivity contribution in [3.05, 3.63) is 69.8 Å². The third kappa shape index (κ3) is 2.85. The van der Waals surface area contributed by atoms with Crippen LogP contribution in [0.4, 0.5) is 0 Å². The molecule has 3 rings (SSSR count). The van der Waals surface area contributed by atoms with Crippen LogP contribution in [0, 0.1) is 3.57 Å². The van der Waals surface area contributed by atoms with Crippen molar-refractivity contribution in [1.82, 2.24) is 0 Å².